The van der Waals surface area contributed by atoms with E-state index in [0.717, 1.165) is 39.3 Å². The number of fused-ring (bicyclic) bond motifs is 1. The van der Waals surface area contributed by atoms with Gasteiger partial charge in [-0.2, -0.15) is 0 Å². The molecule has 0 N–H and O–H groups in total. The molecule has 2 aliphatic rings. The topological polar surface area (TPSA) is 26.8 Å². The van der Waals surface area contributed by atoms with Crippen LogP contribution < -0.4 is 0 Å². The Morgan fingerprint density at radius 2 is 2.10 bits per heavy atom. The maximum absolute atomic E-state index is 12.5. The fourth-order valence-corrected chi connectivity index (χ4v) is 4.41. The van der Waals surface area contributed by atoms with Crippen molar-refractivity contribution >= 4 is 17.2 Å². The van der Waals surface area contributed by atoms with Gasteiger partial charge in [0.15, 0.2) is 0 Å². The molecular weight excluding hydrogens is 282 g/mol. The molecule has 2 fully saturated rings. The van der Waals surface area contributed by atoms with Gasteiger partial charge in [-0.15, -0.1) is 11.3 Å². The molecular formula is C16H25N3OS. The third-order valence-electron chi connectivity index (χ3n) is 4.59. The number of amides is 1. The van der Waals surface area contributed by atoms with Crippen molar-refractivity contribution in [2.75, 3.05) is 46.8 Å². The van der Waals surface area contributed by atoms with Crippen LogP contribution in [-0.4, -0.2) is 67.4 Å². The minimum Gasteiger partial charge on any atom is -0.341 e. The van der Waals surface area contributed by atoms with E-state index in [9.17, 15) is 4.79 Å². The van der Waals surface area contributed by atoms with Crippen LogP contribution in [0.1, 0.15) is 9.75 Å². The van der Waals surface area contributed by atoms with Gasteiger partial charge in [-0.1, -0.05) is 0 Å². The van der Waals surface area contributed by atoms with Gasteiger partial charge >= 0.3 is 0 Å². The summed E-state index contributed by atoms with van der Waals surface area (Å²) in [6.07, 6.45) is 0. The highest BCUT2D eigenvalue weighted by molar-refractivity contribution is 7.11. The molecule has 2 atom stereocenters. The Balaban J connectivity index is 1.53. The average Bonchev–Trinajstić information content (AvgIpc) is 3.06. The molecule has 0 aromatic carbocycles. The minimum absolute atomic E-state index is 0.244. The van der Waals surface area contributed by atoms with Crippen LogP contribution in [0.2, 0.25) is 0 Å². The number of rotatable bonds is 5. The molecule has 0 radical (unpaired) electrons. The number of carbonyl (C=O) groups excluding carboxylic acids is 1. The first-order chi connectivity index (χ1) is 10.0. The van der Waals surface area contributed by atoms with Crippen molar-refractivity contribution < 1.29 is 4.79 Å². The van der Waals surface area contributed by atoms with E-state index in [-0.39, 0.29) is 5.92 Å². The van der Waals surface area contributed by atoms with E-state index in [1.165, 1.54) is 9.75 Å². The SMILES string of the molecule is Cc1ccc(CN2C[C@H]3CN(CCN(C)C)C(=O)[C@H]3C2)s1. The molecule has 0 unspecified atom stereocenters. The predicted octanol–water partition coefficient (Wildman–Crippen LogP) is 1.51. The second kappa shape index (κ2) is 6.07. The van der Waals surface area contributed by atoms with E-state index in [0.29, 0.717) is 11.8 Å². The summed E-state index contributed by atoms with van der Waals surface area (Å²) in [6, 6.07) is 4.41. The summed E-state index contributed by atoms with van der Waals surface area (Å²) in [7, 11) is 4.12. The van der Waals surface area contributed by atoms with Crippen molar-refractivity contribution in [2.45, 2.75) is 13.5 Å². The van der Waals surface area contributed by atoms with E-state index in [4.69, 9.17) is 0 Å². The number of nitrogens with zero attached hydrogens (tertiary/aromatic N) is 3. The fraction of sp³-hybridized carbons (Fsp3) is 0.688. The maximum Gasteiger partial charge on any atom is 0.227 e. The summed E-state index contributed by atoms with van der Waals surface area (Å²) < 4.78 is 0. The smallest absolute Gasteiger partial charge is 0.227 e. The molecule has 1 amide bonds. The number of hydrogen-bond donors (Lipinski definition) is 0. The van der Waals surface area contributed by atoms with Crippen LogP contribution in [0.4, 0.5) is 0 Å². The van der Waals surface area contributed by atoms with Crippen molar-refractivity contribution in [3.8, 4) is 0 Å². The van der Waals surface area contributed by atoms with Crippen molar-refractivity contribution in [3.63, 3.8) is 0 Å². The largest absolute Gasteiger partial charge is 0.341 e. The Morgan fingerprint density at radius 1 is 1.29 bits per heavy atom. The van der Waals surface area contributed by atoms with Crippen LogP contribution in [0.25, 0.3) is 0 Å². The summed E-state index contributed by atoms with van der Waals surface area (Å²) >= 11 is 1.87. The second-order valence-electron chi connectivity index (χ2n) is 6.66. The van der Waals surface area contributed by atoms with Gasteiger partial charge in [0.25, 0.3) is 0 Å². The van der Waals surface area contributed by atoms with Gasteiger partial charge in [-0.25, -0.2) is 0 Å². The zero-order chi connectivity index (χ0) is 15.0. The Hall–Kier alpha value is -0.910. The van der Waals surface area contributed by atoms with Crippen LogP contribution in [0.5, 0.6) is 0 Å². The van der Waals surface area contributed by atoms with Crippen molar-refractivity contribution in [1.29, 1.82) is 0 Å². The van der Waals surface area contributed by atoms with Crippen molar-refractivity contribution in [2.24, 2.45) is 11.8 Å². The van der Waals surface area contributed by atoms with Crippen LogP contribution >= 0.6 is 11.3 Å². The molecule has 2 aliphatic heterocycles. The van der Waals surface area contributed by atoms with Gasteiger partial charge in [0.1, 0.15) is 0 Å². The molecule has 0 saturated carbocycles. The van der Waals surface area contributed by atoms with Crippen LogP contribution in [0, 0.1) is 18.8 Å². The van der Waals surface area contributed by atoms with E-state index < -0.39 is 0 Å². The fourth-order valence-electron chi connectivity index (χ4n) is 3.47. The molecule has 4 nitrogen and oxygen atoms in total. The highest BCUT2D eigenvalue weighted by Gasteiger charge is 2.45. The zero-order valence-corrected chi connectivity index (χ0v) is 14.0. The third kappa shape index (κ3) is 3.30. The number of likely N-dealkylation sites (tertiary alicyclic amines) is 2. The lowest BCUT2D eigenvalue weighted by molar-refractivity contribution is -0.131. The summed E-state index contributed by atoms with van der Waals surface area (Å²) in [5.41, 5.74) is 0. The number of carbonyl (C=O) groups is 1. The first kappa shape index (κ1) is 15.0. The summed E-state index contributed by atoms with van der Waals surface area (Å²) in [6.45, 7) is 7.98. The van der Waals surface area contributed by atoms with E-state index in [1.807, 2.05) is 11.3 Å². The lowest BCUT2D eigenvalue weighted by atomic mass is 10.0. The van der Waals surface area contributed by atoms with Crippen molar-refractivity contribution in [3.05, 3.63) is 21.9 Å². The number of hydrogen-bond acceptors (Lipinski definition) is 4. The van der Waals surface area contributed by atoms with Gasteiger partial charge < -0.3 is 9.80 Å². The van der Waals surface area contributed by atoms with Gasteiger partial charge in [-0.3, -0.25) is 9.69 Å². The minimum atomic E-state index is 0.244. The first-order valence-electron chi connectivity index (χ1n) is 7.74. The molecule has 116 valence electrons. The Bertz CT molecular complexity index is 513. The monoisotopic (exact) mass is 307 g/mol. The Morgan fingerprint density at radius 3 is 2.71 bits per heavy atom. The zero-order valence-electron chi connectivity index (χ0n) is 13.2. The summed E-state index contributed by atoms with van der Waals surface area (Å²) in [4.78, 5) is 22.0. The Labute approximate surface area is 131 Å². The van der Waals surface area contributed by atoms with Crippen LogP contribution in [0.15, 0.2) is 12.1 Å². The van der Waals surface area contributed by atoms with Crippen LogP contribution in [0.3, 0.4) is 0 Å². The van der Waals surface area contributed by atoms with Crippen molar-refractivity contribution in [1.82, 2.24) is 14.7 Å². The predicted molar refractivity (Wildman–Crippen MR) is 86.4 cm³/mol. The van der Waals surface area contributed by atoms with Crippen LogP contribution in [-0.2, 0) is 11.3 Å². The standard InChI is InChI=1S/C16H25N3OS/c1-12-4-5-14(21-12)10-18-8-13-9-19(7-6-17(2)3)16(20)15(13)11-18/h4-5,13,15H,6-11H2,1-3H3/t13-,15-/m0/s1. The van der Waals surface area contributed by atoms with Gasteiger partial charge in [-0.05, 0) is 33.2 Å². The molecule has 3 heterocycles. The van der Waals surface area contributed by atoms with Gasteiger partial charge in [0.2, 0.25) is 5.91 Å². The van der Waals surface area contributed by atoms with Gasteiger partial charge in [0.05, 0.1) is 5.92 Å². The lowest BCUT2D eigenvalue weighted by Gasteiger charge is -2.22. The molecule has 0 aliphatic carbocycles. The van der Waals surface area contributed by atoms with E-state index in [1.54, 1.807) is 0 Å². The quantitative estimate of drug-likeness (QED) is 0.825. The lowest BCUT2D eigenvalue weighted by Crippen LogP contribution is -2.36. The molecule has 5 heteroatoms. The molecule has 1 aromatic rings. The molecule has 1 aromatic heterocycles. The Kier molecular flexibility index (Phi) is 4.33. The average molecular weight is 307 g/mol. The second-order valence-corrected chi connectivity index (χ2v) is 8.03. The van der Waals surface area contributed by atoms with E-state index in [2.05, 4.69) is 47.9 Å². The molecule has 0 spiro atoms. The normalized spacial score (nSPS) is 26.1. The highest BCUT2D eigenvalue weighted by Crippen LogP contribution is 2.33. The summed E-state index contributed by atoms with van der Waals surface area (Å²) in [5, 5.41) is 0. The molecule has 21 heavy (non-hydrogen) atoms. The summed E-state index contributed by atoms with van der Waals surface area (Å²) in [5.74, 6) is 1.17. The van der Waals surface area contributed by atoms with E-state index >= 15 is 0 Å². The molecule has 2 saturated heterocycles. The first-order valence-corrected chi connectivity index (χ1v) is 8.56. The highest BCUT2D eigenvalue weighted by atomic mass is 32.1. The molecule has 3 rings (SSSR count). The molecule has 0 bridgehead atoms. The number of likely N-dealkylation sites (N-methyl/N-ethyl adjacent to an activating group) is 1. The number of aryl methyl sites for hydroxylation is 1. The number of thiophene rings is 1. The van der Waals surface area contributed by atoms with Gasteiger partial charge in [0, 0.05) is 54.9 Å². The third-order valence-corrected chi connectivity index (χ3v) is 5.58. The maximum atomic E-state index is 12.5.